The summed E-state index contributed by atoms with van der Waals surface area (Å²) in [5.74, 6) is 0. The van der Waals surface area contributed by atoms with Gasteiger partial charge in [-0.2, -0.15) is 0 Å². The van der Waals surface area contributed by atoms with Crippen LogP contribution < -0.4 is 5.73 Å². The van der Waals surface area contributed by atoms with Crippen LogP contribution in [0, 0.1) is 6.92 Å². The fraction of sp³-hybridized carbons (Fsp3) is 0.200. The van der Waals surface area contributed by atoms with Crippen molar-refractivity contribution in [1.82, 2.24) is 4.98 Å². The molecule has 0 atom stereocenters. The molecule has 0 saturated heterocycles. The molecule has 0 spiro atoms. The SMILES string of the molecule is C=Cc1[nH]c(C)cc1/C(N)=C\C. The van der Waals surface area contributed by atoms with Gasteiger partial charge in [0.1, 0.15) is 0 Å². The highest BCUT2D eigenvalue weighted by molar-refractivity contribution is 5.70. The van der Waals surface area contributed by atoms with Crippen LogP contribution in [0.5, 0.6) is 0 Å². The molecule has 1 rings (SSSR count). The minimum absolute atomic E-state index is 0.786. The van der Waals surface area contributed by atoms with E-state index >= 15 is 0 Å². The molecule has 2 heteroatoms. The maximum absolute atomic E-state index is 5.78. The fourth-order valence-corrected chi connectivity index (χ4v) is 1.17. The third kappa shape index (κ3) is 1.42. The van der Waals surface area contributed by atoms with E-state index in [1.54, 1.807) is 6.08 Å². The minimum Gasteiger partial charge on any atom is -0.398 e. The van der Waals surface area contributed by atoms with Crippen molar-refractivity contribution in [3.63, 3.8) is 0 Å². The van der Waals surface area contributed by atoms with Crippen molar-refractivity contribution < 1.29 is 0 Å². The van der Waals surface area contributed by atoms with Gasteiger partial charge < -0.3 is 10.7 Å². The summed E-state index contributed by atoms with van der Waals surface area (Å²) in [6.07, 6.45) is 3.66. The van der Waals surface area contributed by atoms with Crippen molar-refractivity contribution in [2.24, 2.45) is 5.73 Å². The molecular formula is C10H14N2. The first-order valence-electron chi connectivity index (χ1n) is 3.93. The molecule has 1 heterocycles. The van der Waals surface area contributed by atoms with Gasteiger partial charge in [0.05, 0.1) is 0 Å². The largest absolute Gasteiger partial charge is 0.398 e. The monoisotopic (exact) mass is 162 g/mol. The summed E-state index contributed by atoms with van der Waals surface area (Å²) in [7, 11) is 0. The van der Waals surface area contributed by atoms with Crippen LogP contribution in [0.3, 0.4) is 0 Å². The first-order valence-corrected chi connectivity index (χ1v) is 3.93. The van der Waals surface area contributed by atoms with Crippen molar-refractivity contribution in [3.05, 3.63) is 35.7 Å². The van der Waals surface area contributed by atoms with Gasteiger partial charge >= 0.3 is 0 Å². The lowest BCUT2D eigenvalue weighted by Gasteiger charge is -1.97. The second-order valence-corrected chi connectivity index (χ2v) is 2.73. The topological polar surface area (TPSA) is 41.8 Å². The molecule has 0 amide bonds. The molecule has 1 aromatic heterocycles. The molecule has 0 aliphatic rings. The summed E-state index contributed by atoms with van der Waals surface area (Å²) in [5.41, 5.74) is 9.69. The second-order valence-electron chi connectivity index (χ2n) is 2.73. The molecule has 0 aliphatic carbocycles. The van der Waals surface area contributed by atoms with E-state index < -0.39 is 0 Å². The van der Waals surface area contributed by atoms with Gasteiger partial charge in [-0.05, 0) is 26.0 Å². The van der Waals surface area contributed by atoms with Crippen molar-refractivity contribution in [2.45, 2.75) is 13.8 Å². The normalized spacial score (nSPS) is 11.7. The van der Waals surface area contributed by atoms with Gasteiger partial charge in [-0.3, -0.25) is 0 Å². The Hall–Kier alpha value is -1.44. The molecule has 12 heavy (non-hydrogen) atoms. The maximum atomic E-state index is 5.78. The summed E-state index contributed by atoms with van der Waals surface area (Å²) >= 11 is 0. The summed E-state index contributed by atoms with van der Waals surface area (Å²) in [6.45, 7) is 7.63. The Labute approximate surface area is 72.8 Å². The number of aryl methyl sites for hydroxylation is 1. The van der Waals surface area contributed by atoms with E-state index in [9.17, 15) is 0 Å². The van der Waals surface area contributed by atoms with E-state index in [2.05, 4.69) is 11.6 Å². The third-order valence-electron chi connectivity index (χ3n) is 1.81. The van der Waals surface area contributed by atoms with Gasteiger partial charge in [-0.1, -0.05) is 12.7 Å². The first kappa shape index (κ1) is 8.65. The average molecular weight is 162 g/mol. The Balaban J connectivity index is 3.22. The quantitative estimate of drug-likeness (QED) is 0.688. The minimum atomic E-state index is 0.786. The molecule has 0 bridgehead atoms. The van der Waals surface area contributed by atoms with Crippen LogP contribution in [0.4, 0.5) is 0 Å². The van der Waals surface area contributed by atoms with E-state index in [4.69, 9.17) is 5.73 Å². The lowest BCUT2D eigenvalue weighted by Crippen LogP contribution is -1.95. The Morgan fingerprint density at radius 2 is 2.33 bits per heavy atom. The van der Waals surface area contributed by atoms with Crippen LogP contribution in [0.15, 0.2) is 18.7 Å². The van der Waals surface area contributed by atoms with Gasteiger partial charge in [0.25, 0.3) is 0 Å². The maximum Gasteiger partial charge on any atom is 0.0470 e. The van der Waals surface area contributed by atoms with Gasteiger partial charge in [0.15, 0.2) is 0 Å². The lowest BCUT2D eigenvalue weighted by molar-refractivity contribution is 1.25. The smallest absolute Gasteiger partial charge is 0.0470 e. The summed E-state index contributed by atoms with van der Waals surface area (Å²) in [4.78, 5) is 3.17. The number of hydrogen-bond donors (Lipinski definition) is 2. The number of H-pyrrole nitrogens is 1. The zero-order valence-electron chi connectivity index (χ0n) is 7.52. The zero-order chi connectivity index (χ0) is 9.14. The van der Waals surface area contributed by atoms with E-state index in [0.29, 0.717) is 0 Å². The molecule has 0 aromatic carbocycles. The zero-order valence-corrected chi connectivity index (χ0v) is 7.52. The predicted octanol–water partition coefficient (Wildman–Crippen LogP) is 2.29. The Kier molecular flexibility index (Phi) is 2.38. The van der Waals surface area contributed by atoms with Gasteiger partial charge in [0, 0.05) is 22.6 Å². The van der Waals surface area contributed by atoms with Crippen molar-refractivity contribution in [1.29, 1.82) is 0 Å². The van der Waals surface area contributed by atoms with E-state index in [1.165, 1.54) is 0 Å². The molecule has 0 unspecified atom stereocenters. The summed E-state index contributed by atoms with van der Waals surface area (Å²) in [5, 5.41) is 0. The Morgan fingerprint density at radius 3 is 2.83 bits per heavy atom. The van der Waals surface area contributed by atoms with E-state index in [1.807, 2.05) is 26.0 Å². The molecule has 2 nitrogen and oxygen atoms in total. The number of nitrogens with one attached hydrogen (secondary N) is 1. The summed E-state index contributed by atoms with van der Waals surface area (Å²) in [6, 6.07) is 2.02. The number of nitrogens with two attached hydrogens (primary N) is 1. The summed E-state index contributed by atoms with van der Waals surface area (Å²) < 4.78 is 0. The molecule has 0 radical (unpaired) electrons. The number of aromatic nitrogens is 1. The number of aromatic amines is 1. The Morgan fingerprint density at radius 1 is 1.67 bits per heavy atom. The average Bonchev–Trinajstić information content (AvgIpc) is 2.45. The molecule has 0 saturated carbocycles. The van der Waals surface area contributed by atoms with Crippen LogP contribution in [-0.2, 0) is 0 Å². The van der Waals surface area contributed by atoms with Crippen LogP contribution in [0.1, 0.15) is 23.9 Å². The first-order chi connectivity index (χ1) is 5.69. The standard InChI is InChI=1S/C10H14N2/c1-4-9(11)8-6-7(3)12-10(8)5-2/h4-6,12H,2,11H2,1,3H3/b9-4+. The number of hydrogen-bond acceptors (Lipinski definition) is 1. The Bertz CT molecular complexity index is 319. The number of rotatable bonds is 2. The third-order valence-corrected chi connectivity index (χ3v) is 1.81. The predicted molar refractivity (Wildman–Crippen MR) is 53.5 cm³/mol. The van der Waals surface area contributed by atoms with E-state index in [0.717, 1.165) is 22.6 Å². The molecule has 1 aromatic rings. The second kappa shape index (κ2) is 3.30. The van der Waals surface area contributed by atoms with Gasteiger partial charge in [-0.25, -0.2) is 0 Å². The highest BCUT2D eigenvalue weighted by Gasteiger charge is 2.03. The van der Waals surface area contributed by atoms with Crippen LogP contribution in [-0.4, -0.2) is 4.98 Å². The fourth-order valence-electron chi connectivity index (χ4n) is 1.17. The lowest BCUT2D eigenvalue weighted by atomic mass is 10.1. The number of allylic oxidation sites excluding steroid dienone is 1. The highest BCUT2D eigenvalue weighted by atomic mass is 14.7. The van der Waals surface area contributed by atoms with Crippen molar-refractivity contribution in [2.75, 3.05) is 0 Å². The molecular weight excluding hydrogens is 148 g/mol. The van der Waals surface area contributed by atoms with Crippen LogP contribution >= 0.6 is 0 Å². The molecule has 0 fully saturated rings. The molecule has 64 valence electrons. The van der Waals surface area contributed by atoms with Crippen LogP contribution in [0.2, 0.25) is 0 Å². The highest BCUT2D eigenvalue weighted by Crippen LogP contribution is 2.17. The van der Waals surface area contributed by atoms with Crippen molar-refractivity contribution >= 4 is 11.8 Å². The van der Waals surface area contributed by atoms with Crippen molar-refractivity contribution in [3.8, 4) is 0 Å². The van der Waals surface area contributed by atoms with Gasteiger partial charge in [-0.15, -0.1) is 0 Å². The molecule has 0 aliphatic heterocycles. The van der Waals surface area contributed by atoms with E-state index in [-0.39, 0.29) is 0 Å². The van der Waals surface area contributed by atoms with Gasteiger partial charge in [0.2, 0.25) is 0 Å². The van der Waals surface area contributed by atoms with Crippen LogP contribution in [0.25, 0.3) is 11.8 Å². The molecule has 3 N–H and O–H groups in total.